The second-order valence-electron chi connectivity index (χ2n) is 4.42. The van der Waals surface area contributed by atoms with Gasteiger partial charge in [0.15, 0.2) is 0 Å². The van der Waals surface area contributed by atoms with Gasteiger partial charge in [0, 0.05) is 0 Å². The molecule has 2 heterocycles. The van der Waals surface area contributed by atoms with Crippen LogP contribution in [0.1, 0.15) is 25.7 Å². The molecule has 2 aliphatic rings. The van der Waals surface area contributed by atoms with Crippen LogP contribution in [0.4, 0.5) is 0 Å². The Kier molecular flexibility index (Phi) is 5.55. The summed E-state index contributed by atoms with van der Waals surface area (Å²) in [6.07, 6.45) is 5.22. The molecule has 4 nitrogen and oxygen atoms in total. The molecule has 2 fully saturated rings. The number of unbranched alkanes of at least 4 members (excludes halogenated alkanes) is 1. The standard InChI is InChI=1S/C12H22O4/c1(3-11-9-13-5-7-15-11)2-4-12-10-14-6-8-16-12/h11-12H,1-10H2/t11-,12-/m1/s1. The highest BCUT2D eigenvalue weighted by molar-refractivity contribution is 4.64. The summed E-state index contributed by atoms with van der Waals surface area (Å²) < 4.78 is 21.9. The van der Waals surface area contributed by atoms with E-state index in [0.717, 1.165) is 52.5 Å². The normalized spacial score (nSPS) is 31.5. The highest BCUT2D eigenvalue weighted by Crippen LogP contribution is 2.14. The molecule has 0 unspecified atom stereocenters. The summed E-state index contributed by atoms with van der Waals surface area (Å²) in [6.45, 7) is 4.55. The van der Waals surface area contributed by atoms with Crippen molar-refractivity contribution in [1.29, 1.82) is 0 Å². The third kappa shape index (κ3) is 4.37. The van der Waals surface area contributed by atoms with Crippen LogP contribution in [-0.4, -0.2) is 51.8 Å². The molecule has 0 amide bonds. The van der Waals surface area contributed by atoms with Crippen molar-refractivity contribution >= 4 is 0 Å². The van der Waals surface area contributed by atoms with Gasteiger partial charge in [0.2, 0.25) is 0 Å². The first-order chi connectivity index (χ1) is 7.95. The average Bonchev–Trinajstić information content (AvgIpc) is 2.37. The molecule has 0 aromatic carbocycles. The minimum atomic E-state index is 0.317. The molecule has 0 aromatic rings. The Labute approximate surface area is 97.2 Å². The first-order valence-electron chi connectivity index (χ1n) is 6.34. The van der Waals surface area contributed by atoms with Crippen molar-refractivity contribution in [2.75, 3.05) is 39.6 Å². The second-order valence-corrected chi connectivity index (χ2v) is 4.42. The summed E-state index contributed by atoms with van der Waals surface area (Å²) >= 11 is 0. The van der Waals surface area contributed by atoms with Crippen molar-refractivity contribution in [2.45, 2.75) is 37.9 Å². The molecule has 0 spiro atoms. The van der Waals surface area contributed by atoms with Gasteiger partial charge in [-0.3, -0.25) is 0 Å². The molecule has 0 bridgehead atoms. The molecule has 0 saturated carbocycles. The molecule has 2 aliphatic heterocycles. The quantitative estimate of drug-likeness (QED) is 0.669. The summed E-state index contributed by atoms with van der Waals surface area (Å²) in [7, 11) is 0. The van der Waals surface area contributed by atoms with Gasteiger partial charge in [-0.05, 0) is 12.8 Å². The number of hydrogen-bond acceptors (Lipinski definition) is 4. The van der Waals surface area contributed by atoms with Crippen molar-refractivity contribution in [3.05, 3.63) is 0 Å². The van der Waals surface area contributed by atoms with Gasteiger partial charge in [-0.1, -0.05) is 12.8 Å². The van der Waals surface area contributed by atoms with Crippen LogP contribution in [-0.2, 0) is 18.9 Å². The maximum Gasteiger partial charge on any atom is 0.0809 e. The SMILES string of the molecule is C(CC[C@@H]1COCCO1)C[C@@H]1COCCO1. The average molecular weight is 230 g/mol. The Morgan fingerprint density at radius 1 is 0.688 bits per heavy atom. The summed E-state index contributed by atoms with van der Waals surface area (Å²) in [5.74, 6) is 0. The molecule has 2 rings (SSSR count). The van der Waals surface area contributed by atoms with Crippen LogP contribution in [0.5, 0.6) is 0 Å². The molecule has 16 heavy (non-hydrogen) atoms. The summed E-state index contributed by atoms with van der Waals surface area (Å²) in [5.41, 5.74) is 0. The number of ether oxygens (including phenoxy) is 4. The van der Waals surface area contributed by atoms with Crippen LogP contribution in [0, 0.1) is 0 Å². The zero-order chi connectivity index (χ0) is 11.1. The lowest BCUT2D eigenvalue weighted by Gasteiger charge is -2.24. The van der Waals surface area contributed by atoms with Crippen LogP contribution in [0.25, 0.3) is 0 Å². The Balaban J connectivity index is 1.47. The predicted molar refractivity (Wildman–Crippen MR) is 59.6 cm³/mol. The fraction of sp³-hybridized carbons (Fsp3) is 1.00. The lowest BCUT2D eigenvalue weighted by Crippen LogP contribution is -2.29. The summed E-state index contributed by atoms with van der Waals surface area (Å²) in [4.78, 5) is 0. The molecule has 0 radical (unpaired) electrons. The van der Waals surface area contributed by atoms with Gasteiger partial charge in [0.05, 0.1) is 51.8 Å². The Morgan fingerprint density at radius 3 is 1.56 bits per heavy atom. The Hall–Kier alpha value is -0.160. The Morgan fingerprint density at radius 2 is 1.19 bits per heavy atom. The molecule has 0 N–H and O–H groups in total. The van der Waals surface area contributed by atoms with Crippen LogP contribution < -0.4 is 0 Å². The zero-order valence-electron chi connectivity index (χ0n) is 9.86. The van der Waals surface area contributed by atoms with Gasteiger partial charge in [0.1, 0.15) is 0 Å². The summed E-state index contributed by atoms with van der Waals surface area (Å²) in [6, 6.07) is 0. The molecule has 2 saturated heterocycles. The number of rotatable bonds is 5. The van der Waals surface area contributed by atoms with Crippen molar-refractivity contribution in [3.63, 3.8) is 0 Å². The van der Waals surface area contributed by atoms with Gasteiger partial charge in [-0.2, -0.15) is 0 Å². The van der Waals surface area contributed by atoms with E-state index >= 15 is 0 Å². The third-order valence-corrected chi connectivity index (χ3v) is 3.07. The van der Waals surface area contributed by atoms with E-state index in [2.05, 4.69) is 0 Å². The van der Waals surface area contributed by atoms with E-state index in [1.54, 1.807) is 0 Å². The van der Waals surface area contributed by atoms with Gasteiger partial charge < -0.3 is 18.9 Å². The van der Waals surface area contributed by atoms with E-state index in [9.17, 15) is 0 Å². The molecule has 94 valence electrons. The van der Waals surface area contributed by atoms with Crippen molar-refractivity contribution in [3.8, 4) is 0 Å². The molecule has 2 atom stereocenters. The van der Waals surface area contributed by atoms with Gasteiger partial charge in [0.25, 0.3) is 0 Å². The van der Waals surface area contributed by atoms with Crippen LogP contribution >= 0.6 is 0 Å². The van der Waals surface area contributed by atoms with Crippen molar-refractivity contribution < 1.29 is 18.9 Å². The molecular weight excluding hydrogens is 208 g/mol. The lowest BCUT2D eigenvalue weighted by molar-refractivity contribution is -0.0963. The maximum absolute atomic E-state index is 5.59. The molecular formula is C12H22O4. The molecule has 0 aliphatic carbocycles. The van der Waals surface area contributed by atoms with E-state index in [1.165, 1.54) is 12.8 Å². The fourth-order valence-corrected chi connectivity index (χ4v) is 2.15. The minimum absolute atomic E-state index is 0.317. The van der Waals surface area contributed by atoms with Crippen LogP contribution in [0.2, 0.25) is 0 Å². The fourth-order valence-electron chi connectivity index (χ4n) is 2.15. The topological polar surface area (TPSA) is 36.9 Å². The first-order valence-corrected chi connectivity index (χ1v) is 6.34. The molecule has 4 heteroatoms. The van der Waals surface area contributed by atoms with Crippen molar-refractivity contribution in [2.24, 2.45) is 0 Å². The zero-order valence-corrected chi connectivity index (χ0v) is 9.86. The third-order valence-electron chi connectivity index (χ3n) is 3.07. The molecule has 0 aromatic heterocycles. The van der Waals surface area contributed by atoms with E-state index in [-0.39, 0.29) is 0 Å². The van der Waals surface area contributed by atoms with Crippen LogP contribution in [0.3, 0.4) is 0 Å². The second kappa shape index (κ2) is 7.22. The van der Waals surface area contributed by atoms with E-state index in [4.69, 9.17) is 18.9 Å². The first kappa shape index (κ1) is 12.3. The minimum Gasteiger partial charge on any atom is -0.376 e. The monoisotopic (exact) mass is 230 g/mol. The highest BCUT2D eigenvalue weighted by atomic mass is 16.6. The van der Waals surface area contributed by atoms with E-state index in [0.29, 0.717) is 12.2 Å². The highest BCUT2D eigenvalue weighted by Gasteiger charge is 2.16. The van der Waals surface area contributed by atoms with Crippen LogP contribution in [0.15, 0.2) is 0 Å². The summed E-state index contributed by atoms with van der Waals surface area (Å²) in [5, 5.41) is 0. The van der Waals surface area contributed by atoms with E-state index < -0.39 is 0 Å². The largest absolute Gasteiger partial charge is 0.376 e. The van der Waals surface area contributed by atoms with Gasteiger partial charge >= 0.3 is 0 Å². The Bertz CT molecular complexity index is 154. The lowest BCUT2D eigenvalue weighted by atomic mass is 10.1. The van der Waals surface area contributed by atoms with Crippen molar-refractivity contribution in [1.82, 2.24) is 0 Å². The smallest absolute Gasteiger partial charge is 0.0809 e. The van der Waals surface area contributed by atoms with Gasteiger partial charge in [-0.25, -0.2) is 0 Å². The van der Waals surface area contributed by atoms with Gasteiger partial charge in [-0.15, -0.1) is 0 Å². The maximum atomic E-state index is 5.59. The number of hydrogen-bond donors (Lipinski definition) is 0. The predicted octanol–water partition coefficient (Wildman–Crippen LogP) is 1.38. The van der Waals surface area contributed by atoms with E-state index in [1.807, 2.05) is 0 Å².